The maximum Gasteiger partial charge on any atom is 0.247 e. The predicted octanol–water partition coefficient (Wildman–Crippen LogP) is 1.98. The number of carbonyl (C=O) groups is 2. The Morgan fingerprint density at radius 1 is 1.33 bits per heavy atom. The Morgan fingerprint density at radius 3 is 2.44 bits per heavy atom. The second-order valence-corrected chi connectivity index (χ2v) is 4.69. The summed E-state index contributed by atoms with van der Waals surface area (Å²) in [5.41, 5.74) is 0.159. The van der Waals surface area contributed by atoms with Gasteiger partial charge in [-0.1, -0.05) is 23.2 Å². The summed E-state index contributed by atoms with van der Waals surface area (Å²) in [5, 5.41) is 2.43. The minimum absolute atomic E-state index is 0.00472. The predicted molar refractivity (Wildman–Crippen MR) is 66.4 cm³/mol. The van der Waals surface area contributed by atoms with Crippen LogP contribution in [-0.2, 0) is 9.59 Å². The van der Waals surface area contributed by atoms with Crippen molar-refractivity contribution < 1.29 is 14.0 Å². The number of halogens is 3. The molecule has 1 atom stereocenters. The lowest BCUT2D eigenvalue weighted by molar-refractivity contribution is -0.130. The first-order chi connectivity index (χ1) is 8.41. The van der Waals surface area contributed by atoms with Gasteiger partial charge in [-0.25, -0.2) is 4.39 Å². The SMILES string of the molecule is CC1C(=O)NCC(=O)N1c1c(Cl)cc(F)cc1Cl. The average molecular weight is 291 g/mol. The van der Waals surface area contributed by atoms with E-state index in [0.717, 1.165) is 12.1 Å². The van der Waals surface area contributed by atoms with Crippen molar-refractivity contribution in [1.82, 2.24) is 5.32 Å². The summed E-state index contributed by atoms with van der Waals surface area (Å²) in [7, 11) is 0. The van der Waals surface area contributed by atoms with Crippen LogP contribution in [0, 0.1) is 5.82 Å². The van der Waals surface area contributed by atoms with Gasteiger partial charge in [0.05, 0.1) is 22.3 Å². The van der Waals surface area contributed by atoms with Crippen LogP contribution >= 0.6 is 23.2 Å². The largest absolute Gasteiger partial charge is 0.345 e. The van der Waals surface area contributed by atoms with E-state index in [2.05, 4.69) is 5.32 Å². The molecule has 1 aliphatic heterocycles. The average Bonchev–Trinajstić information content (AvgIpc) is 2.27. The van der Waals surface area contributed by atoms with Gasteiger partial charge in [0.25, 0.3) is 0 Å². The van der Waals surface area contributed by atoms with Gasteiger partial charge in [0.2, 0.25) is 11.8 Å². The molecule has 18 heavy (non-hydrogen) atoms. The first-order valence-corrected chi connectivity index (χ1v) is 5.91. The number of nitrogens with zero attached hydrogens (tertiary/aromatic N) is 1. The number of nitrogens with one attached hydrogen (secondary N) is 1. The molecule has 1 fully saturated rings. The van der Waals surface area contributed by atoms with Crippen molar-refractivity contribution in [3.63, 3.8) is 0 Å². The van der Waals surface area contributed by atoms with Gasteiger partial charge in [-0.15, -0.1) is 0 Å². The molecule has 2 rings (SSSR count). The van der Waals surface area contributed by atoms with Crippen LogP contribution < -0.4 is 10.2 Å². The molecule has 0 spiro atoms. The Hall–Kier alpha value is -1.33. The second kappa shape index (κ2) is 4.74. The van der Waals surface area contributed by atoms with Crippen LogP contribution in [0.25, 0.3) is 0 Å². The lowest BCUT2D eigenvalue weighted by atomic mass is 10.1. The third-order valence-corrected chi connectivity index (χ3v) is 3.25. The van der Waals surface area contributed by atoms with Crippen molar-refractivity contribution in [1.29, 1.82) is 0 Å². The fourth-order valence-corrected chi connectivity index (χ4v) is 2.45. The van der Waals surface area contributed by atoms with E-state index in [9.17, 15) is 14.0 Å². The zero-order valence-corrected chi connectivity index (χ0v) is 10.8. The molecule has 96 valence electrons. The smallest absolute Gasteiger partial charge is 0.247 e. The van der Waals surface area contributed by atoms with Gasteiger partial charge in [0.1, 0.15) is 11.9 Å². The summed E-state index contributed by atoms with van der Waals surface area (Å²) < 4.78 is 13.1. The van der Waals surface area contributed by atoms with E-state index >= 15 is 0 Å². The van der Waals surface area contributed by atoms with E-state index in [-0.39, 0.29) is 34.1 Å². The molecule has 1 aromatic rings. The van der Waals surface area contributed by atoms with E-state index in [1.807, 2.05) is 0 Å². The summed E-state index contributed by atoms with van der Waals surface area (Å²) in [6, 6.07) is 1.36. The number of anilines is 1. The lowest BCUT2D eigenvalue weighted by Crippen LogP contribution is -2.57. The molecule has 1 aromatic carbocycles. The van der Waals surface area contributed by atoms with E-state index in [0.29, 0.717) is 0 Å². The van der Waals surface area contributed by atoms with Crippen LogP contribution in [0.4, 0.5) is 10.1 Å². The van der Waals surface area contributed by atoms with Crippen LogP contribution in [0.5, 0.6) is 0 Å². The third kappa shape index (κ3) is 2.15. The van der Waals surface area contributed by atoms with Crippen molar-refractivity contribution in [2.24, 2.45) is 0 Å². The Balaban J connectivity index is 2.53. The highest BCUT2D eigenvalue weighted by atomic mass is 35.5. The first-order valence-electron chi connectivity index (χ1n) is 5.16. The molecule has 0 radical (unpaired) electrons. The van der Waals surface area contributed by atoms with Crippen molar-refractivity contribution in [3.05, 3.63) is 28.0 Å². The van der Waals surface area contributed by atoms with Crippen molar-refractivity contribution in [3.8, 4) is 0 Å². The fraction of sp³-hybridized carbons (Fsp3) is 0.273. The Labute approximate surface area is 113 Å². The molecule has 7 heteroatoms. The molecule has 1 unspecified atom stereocenters. The van der Waals surface area contributed by atoms with Crippen molar-refractivity contribution in [2.75, 3.05) is 11.4 Å². The maximum atomic E-state index is 13.1. The number of piperazine rings is 1. The summed E-state index contributed by atoms with van der Waals surface area (Å²) in [4.78, 5) is 24.6. The van der Waals surface area contributed by atoms with Crippen molar-refractivity contribution in [2.45, 2.75) is 13.0 Å². The number of amides is 2. The zero-order chi connectivity index (χ0) is 13.4. The molecule has 0 aliphatic carbocycles. The minimum Gasteiger partial charge on any atom is -0.345 e. The van der Waals surface area contributed by atoms with E-state index in [1.165, 1.54) is 4.90 Å². The van der Waals surface area contributed by atoms with Crippen LogP contribution in [0.3, 0.4) is 0 Å². The maximum absolute atomic E-state index is 13.1. The Morgan fingerprint density at radius 2 is 1.89 bits per heavy atom. The number of benzene rings is 1. The van der Waals surface area contributed by atoms with Crippen molar-refractivity contribution >= 4 is 40.7 Å². The molecule has 4 nitrogen and oxygen atoms in total. The number of rotatable bonds is 1. The van der Waals surface area contributed by atoms with Gasteiger partial charge >= 0.3 is 0 Å². The van der Waals surface area contributed by atoms with E-state index in [1.54, 1.807) is 6.92 Å². The summed E-state index contributed by atoms with van der Waals surface area (Å²) in [5.74, 6) is -1.26. The van der Waals surface area contributed by atoms with Crippen LogP contribution in [-0.4, -0.2) is 24.4 Å². The standard InChI is InChI=1S/C11H9Cl2FN2O2/c1-5-11(18)15-4-9(17)16(5)10-7(12)2-6(14)3-8(10)13/h2-3,5H,4H2,1H3,(H,15,18). The molecule has 2 amide bonds. The Bertz CT molecular complexity index is 513. The molecule has 1 heterocycles. The normalized spacial score (nSPS) is 20.0. The molecular weight excluding hydrogens is 282 g/mol. The van der Waals surface area contributed by atoms with Gasteiger partial charge in [-0.2, -0.15) is 0 Å². The van der Waals surface area contributed by atoms with Gasteiger partial charge in [-0.3, -0.25) is 14.5 Å². The van der Waals surface area contributed by atoms with Gasteiger partial charge < -0.3 is 5.32 Å². The van der Waals surface area contributed by atoms with Gasteiger partial charge in [-0.05, 0) is 19.1 Å². The van der Waals surface area contributed by atoms with Crippen LogP contribution in [0.2, 0.25) is 10.0 Å². The lowest BCUT2D eigenvalue weighted by Gasteiger charge is -2.33. The first kappa shape index (κ1) is 13.1. The molecule has 0 saturated carbocycles. The monoisotopic (exact) mass is 290 g/mol. The molecular formula is C11H9Cl2FN2O2. The fourth-order valence-electron chi connectivity index (χ4n) is 1.81. The molecule has 1 N–H and O–H groups in total. The van der Waals surface area contributed by atoms with Gasteiger partial charge in [0.15, 0.2) is 0 Å². The number of hydrogen-bond donors (Lipinski definition) is 1. The van der Waals surface area contributed by atoms with E-state index in [4.69, 9.17) is 23.2 Å². The second-order valence-electron chi connectivity index (χ2n) is 3.88. The summed E-state index contributed by atoms with van der Waals surface area (Å²) in [6.45, 7) is 1.41. The summed E-state index contributed by atoms with van der Waals surface area (Å²) >= 11 is 11.8. The highest BCUT2D eigenvalue weighted by Crippen LogP contribution is 2.36. The van der Waals surface area contributed by atoms with Crippen LogP contribution in [0.15, 0.2) is 12.1 Å². The topological polar surface area (TPSA) is 49.4 Å². The van der Waals surface area contributed by atoms with Gasteiger partial charge in [0, 0.05) is 0 Å². The minimum atomic E-state index is -0.744. The molecule has 0 aromatic heterocycles. The quantitative estimate of drug-likeness (QED) is 0.860. The Kier molecular flexibility index (Phi) is 3.45. The van der Waals surface area contributed by atoms with E-state index < -0.39 is 11.9 Å². The van der Waals surface area contributed by atoms with Crippen LogP contribution in [0.1, 0.15) is 6.92 Å². The zero-order valence-electron chi connectivity index (χ0n) is 9.34. The molecule has 0 bridgehead atoms. The third-order valence-electron chi connectivity index (χ3n) is 2.67. The highest BCUT2D eigenvalue weighted by Gasteiger charge is 2.34. The summed E-state index contributed by atoms with van der Waals surface area (Å²) in [6.07, 6.45) is 0. The molecule has 1 aliphatic rings. The number of hydrogen-bond acceptors (Lipinski definition) is 2. The number of carbonyl (C=O) groups excluding carboxylic acids is 2. The highest BCUT2D eigenvalue weighted by molar-refractivity contribution is 6.40. The molecule has 1 saturated heterocycles.